The second-order valence-electron chi connectivity index (χ2n) is 3.78. The van der Waals surface area contributed by atoms with Crippen LogP contribution in [0, 0.1) is 0 Å². The predicted molar refractivity (Wildman–Crippen MR) is 55.9 cm³/mol. The van der Waals surface area contributed by atoms with Crippen LogP contribution >= 0.6 is 0 Å². The summed E-state index contributed by atoms with van der Waals surface area (Å²) in [5.74, 6) is -2.37. The maximum Gasteiger partial charge on any atom is 0.434 e. The van der Waals surface area contributed by atoms with Crippen LogP contribution in [0.1, 0.15) is 5.69 Å². The number of carboxylic acid groups (broad SMARTS) is 1. The van der Waals surface area contributed by atoms with Crippen molar-refractivity contribution in [2.24, 2.45) is 0 Å². The first kappa shape index (κ1) is 12.4. The van der Waals surface area contributed by atoms with Crippen LogP contribution < -0.4 is 0 Å². The van der Waals surface area contributed by atoms with Crippen molar-refractivity contribution in [2.75, 3.05) is 0 Å². The number of carboxylic acids is 1. The Balaban J connectivity index is 2.66. The molecule has 3 N–H and O–H groups in total. The molecule has 2 aromatic rings. The van der Waals surface area contributed by atoms with Crippen molar-refractivity contribution < 1.29 is 28.2 Å². The lowest BCUT2D eigenvalue weighted by molar-refractivity contribution is -0.266. The number of rotatable bonds is 2. The number of hydrogen-bond acceptors (Lipinski definition) is 2. The fourth-order valence-electron chi connectivity index (χ4n) is 1.66. The normalized spacial score (nSPS) is 15.6. The van der Waals surface area contributed by atoms with Crippen LogP contribution in [0.5, 0.6) is 0 Å². The lowest BCUT2D eigenvalue weighted by Crippen LogP contribution is -2.49. The van der Waals surface area contributed by atoms with Gasteiger partial charge in [0, 0.05) is 5.52 Å². The third-order valence-electron chi connectivity index (χ3n) is 2.64. The molecule has 96 valence electrons. The van der Waals surface area contributed by atoms with E-state index in [9.17, 15) is 23.1 Å². The molecule has 1 heterocycles. The molecule has 18 heavy (non-hydrogen) atoms. The Labute approximate surface area is 98.7 Å². The number of nitrogens with one attached hydrogen (secondary N) is 1. The van der Waals surface area contributed by atoms with E-state index < -0.39 is 23.4 Å². The number of aromatic nitrogens is 1. The summed E-state index contributed by atoms with van der Waals surface area (Å²) in [6, 6.07) is 7.13. The highest BCUT2D eigenvalue weighted by atomic mass is 19.4. The van der Waals surface area contributed by atoms with Crippen LogP contribution in [-0.4, -0.2) is 27.3 Å². The number of fused-ring (bicyclic) bond motifs is 1. The maximum atomic E-state index is 12.7. The largest absolute Gasteiger partial charge is 0.479 e. The molecule has 4 nitrogen and oxygen atoms in total. The summed E-state index contributed by atoms with van der Waals surface area (Å²) in [6.45, 7) is 0. The summed E-state index contributed by atoms with van der Waals surface area (Å²) in [6.07, 6.45) is -5.32. The Morgan fingerprint density at radius 1 is 1.22 bits per heavy atom. The zero-order valence-electron chi connectivity index (χ0n) is 8.82. The second-order valence-corrected chi connectivity index (χ2v) is 3.78. The molecule has 0 aliphatic heterocycles. The van der Waals surface area contributed by atoms with E-state index in [1.165, 1.54) is 12.1 Å². The molecule has 0 saturated heterocycles. The molecule has 0 fully saturated rings. The van der Waals surface area contributed by atoms with Crippen LogP contribution in [0.4, 0.5) is 13.2 Å². The molecule has 0 aliphatic rings. The van der Waals surface area contributed by atoms with Crippen molar-refractivity contribution in [1.29, 1.82) is 0 Å². The fourth-order valence-corrected chi connectivity index (χ4v) is 1.66. The summed E-state index contributed by atoms with van der Waals surface area (Å²) in [7, 11) is 0. The van der Waals surface area contributed by atoms with E-state index in [1.807, 2.05) is 0 Å². The van der Waals surface area contributed by atoms with Crippen molar-refractivity contribution in [1.82, 2.24) is 4.98 Å². The van der Waals surface area contributed by atoms with Gasteiger partial charge in [-0.3, -0.25) is 0 Å². The van der Waals surface area contributed by atoms with Crippen molar-refractivity contribution >= 4 is 16.9 Å². The van der Waals surface area contributed by atoms with Gasteiger partial charge in [0.2, 0.25) is 0 Å². The number of alkyl halides is 3. The minimum atomic E-state index is -5.32. The highest BCUT2D eigenvalue weighted by molar-refractivity contribution is 5.85. The van der Waals surface area contributed by atoms with Gasteiger partial charge >= 0.3 is 12.1 Å². The number of carbonyl (C=O) groups is 1. The van der Waals surface area contributed by atoms with E-state index in [2.05, 4.69) is 4.98 Å². The van der Waals surface area contributed by atoms with E-state index >= 15 is 0 Å². The summed E-state index contributed by atoms with van der Waals surface area (Å²) >= 11 is 0. The number of aliphatic carboxylic acids is 1. The Bertz CT molecular complexity index is 572. The summed E-state index contributed by atoms with van der Waals surface area (Å²) in [5.41, 5.74) is -4.44. The van der Waals surface area contributed by atoms with Crippen molar-refractivity contribution in [2.45, 2.75) is 11.8 Å². The first-order valence-corrected chi connectivity index (χ1v) is 4.87. The summed E-state index contributed by atoms with van der Waals surface area (Å²) in [5, 5.41) is 18.5. The monoisotopic (exact) mass is 259 g/mol. The van der Waals surface area contributed by atoms with Gasteiger partial charge in [-0.05, 0) is 17.5 Å². The van der Waals surface area contributed by atoms with Crippen LogP contribution in [-0.2, 0) is 10.4 Å². The van der Waals surface area contributed by atoms with Crippen molar-refractivity contribution in [3.8, 4) is 0 Å². The number of H-pyrrole nitrogens is 1. The molecule has 7 heteroatoms. The molecule has 1 atom stereocenters. The summed E-state index contributed by atoms with van der Waals surface area (Å²) < 4.78 is 38.2. The second kappa shape index (κ2) is 3.74. The molecule has 0 spiro atoms. The van der Waals surface area contributed by atoms with Gasteiger partial charge in [-0.1, -0.05) is 18.2 Å². The molecular weight excluding hydrogens is 251 g/mol. The van der Waals surface area contributed by atoms with E-state index in [0.717, 1.165) is 6.07 Å². The zero-order valence-corrected chi connectivity index (χ0v) is 8.82. The Kier molecular flexibility index (Phi) is 2.58. The van der Waals surface area contributed by atoms with Gasteiger partial charge in [-0.15, -0.1) is 0 Å². The highest BCUT2D eigenvalue weighted by Crippen LogP contribution is 2.39. The van der Waals surface area contributed by atoms with E-state index in [1.54, 1.807) is 12.1 Å². The topological polar surface area (TPSA) is 73.3 Å². The first-order valence-electron chi connectivity index (χ1n) is 4.87. The molecular formula is C11H8F3NO3. The lowest BCUT2D eigenvalue weighted by atomic mass is 9.99. The molecule has 1 unspecified atom stereocenters. The van der Waals surface area contributed by atoms with Gasteiger partial charge in [0.05, 0.1) is 5.69 Å². The number of hydrogen-bond donors (Lipinski definition) is 3. The Morgan fingerprint density at radius 3 is 2.33 bits per heavy atom. The molecule has 0 bridgehead atoms. The van der Waals surface area contributed by atoms with Gasteiger partial charge < -0.3 is 15.2 Å². The lowest BCUT2D eigenvalue weighted by Gasteiger charge is -2.24. The van der Waals surface area contributed by atoms with E-state index in [-0.39, 0.29) is 0 Å². The number of aliphatic hydroxyl groups is 1. The van der Waals surface area contributed by atoms with Gasteiger partial charge in [0.25, 0.3) is 5.60 Å². The maximum absolute atomic E-state index is 12.7. The third-order valence-corrected chi connectivity index (χ3v) is 2.64. The fraction of sp³-hybridized carbons (Fsp3) is 0.182. The number of aromatic amines is 1. The van der Waals surface area contributed by atoms with Crippen molar-refractivity contribution in [3.05, 3.63) is 36.0 Å². The average Bonchev–Trinajstić information content (AvgIpc) is 2.69. The van der Waals surface area contributed by atoms with Crippen LogP contribution in [0.3, 0.4) is 0 Å². The van der Waals surface area contributed by atoms with Gasteiger partial charge in [-0.25, -0.2) is 4.79 Å². The average molecular weight is 259 g/mol. The zero-order chi connectivity index (χ0) is 13.6. The van der Waals surface area contributed by atoms with Gasteiger partial charge in [-0.2, -0.15) is 13.2 Å². The minimum absolute atomic E-state index is 0.316. The van der Waals surface area contributed by atoms with E-state index in [0.29, 0.717) is 10.9 Å². The Hall–Kier alpha value is -2.02. The Morgan fingerprint density at radius 2 is 1.83 bits per heavy atom. The standard InChI is InChI=1S/C11H8F3NO3/c12-11(13,14)10(18,9(16)17)8-5-6-3-1-2-4-7(6)15-8/h1-5,15,18H,(H,16,17). The molecule has 2 rings (SSSR count). The smallest absolute Gasteiger partial charge is 0.434 e. The third kappa shape index (κ3) is 1.63. The minimum Gasteiger partial charge on any atom is -0.479 e. The molecule has 0 radical (unpaired) electrons. The first-order chi connectivity index (χ1) is 8.26. The van der Waals surface area contributed by atoms with E-state index in [4.69, 9.17) is 5.11 Å². The molecule has 1 aromatic heterocycles. The molecule has 1 aromatic carbocycles. The van der Waals surface area contributed by atoms with Gasteiger partial charge in [0.15, 0.2) is 0 Å². The quantitative estimate of drug-likeness (QED) is 0.772. The molecule has 0 saturated carbocycles. The molecule has 0 amide bonds. The number of halogens is 3. The van der Waals surface area contributed by atoms with Crippen LogP contribution in [0.15, 0.2) is 30.3 Å². The van der Waals surface area contributed by atoms with Crippen LogP contribution in [0.25, 0.3) is 10.9 Å². The SMILES string of the molecule is O=C(O)C(O)(c1cc2ccccc2[nH]1)C(F)(F)F. The number of para-hydroxylation sites is 1. The molecule has 0 aliphatic carbocycles. The van der Waals surface area contributed by atoms with Crippen molar-refractivity contribution in [3.63, 3.8) is 0 Å². The van der Waals surface area contributed by atoms with Gasteiger partial charge in [0.1, 0.15) is 0 Å². The highest BCUT2D eigenvalue weighted by Gasteiger charge is 2.62. The van der Waals surface area contributed by atoms with Crippen LogP contribution in [0.2, 0.25) is 0 Å². The predicted octanol–water partition coefficient (Wildman–Crippen LogP) is 2.00. The number of benzene rings is 1. The summed E-state index contributed by atoms with van der Waals surface area (Å²) in [4.78, 5) is 13.0.